The third-order valence-corrected chi connectivity index (χ3v) is 5.07. The molecule has 0 saturated heterocycles. The third-order valence-electron chi connectivity index (χ3n) is 4.82. The highest BCUT2D eigenvalue weighted by Crippen LogP contribution is 2.37. The average Bonchev–Trinajstić information content (AvgIpc) is 2.62. The van der Waals surface area contributed by atoms with Gasteiger partial charge in [0.25, 0.3) is 0 Å². The fraction of sp³-hybridized carbons (Fsp3) is 0.273. The van der Waals surface area contributed by atoms with E-state index in [1.54, 1.807) is 24.3 Å². The molecule has 1 saturated carbocycles. The molecule has 3 heteroatoms. The minimum atomic E-state index is -0.595. The molecule has 0 radical (unpaired) electrons. The summed E-state index contributed by atoms with van der Waals surface area (Å²) in [5, 5.41) is 0.596. The van der Waals surface area contributed by atoms with Crippen molar-refractivity contribution in [1.29, 1.82) is 0 Å². The molecule has 0 amide bonds. The van der Waals surface area contributed by atoms with Crippen molar-refractivity contribution >= 4 is 11.6 Å². The molecule has 0 unspecified atom stereocenters. The maximum absolute atomic E-state index is 14.4. The molecule has 1 fully saturated rings. The van der Waals surface area contributed by atoms with E-state index in [9.17, 15) is 8.78 Å². The van der Waals surface area contributed by atoms with Crippen molar-refractivity contribution in [2.75, 3.05) is 0 Å². The van der Waals surface area contributed by atoms with Gasteiger partial charge >= 0.3 is 0 Å². The van der Waals surface area contributed by atoms with Crippen LogP contribution in [0.4, 0.5) is 8.78 Å². The first-order chi connectivity index (χ1) is 12.1. The SMILES string of the molecule is C=C[C@H]1CC[C@H](c2cc(F)c(C#Cc3ccc(Cl)cc3)c(F)c2)CC1. The van der Waals surface area contributed by atoms with E-state index >= 15 is 0 Å². The summed E-state index contributed by atoms with van der Waals surface area (Å²) in [5.74, 6) is 4.93. The van der Waals surface area contributed by atoms with Gasteiger partial charge in [0.05, 0.1) is 5.56 Å². The van der Waals surface area contributed by atoms with Gasteiger partial charge in [-0.1, -0.05) is 29.5 Å². The molecular formula is C22H19ClF2. The lowest BCUT2D eigenvalue weighted by Gasteiger charge is -2.27. The Morgan fingerprint density at radius 2 is 1.56 bits per heavy atom. The van der Waals surface area contributed by atoms with Crippen LogP contribution in [0.3, 0.4) is 0 Å². The Morgan fingerprint density at radius 3 is 2.12 bits per heavy atom. The molecule has 1 aliphatic carbocycles. The number of rotatable bonds is 2. The largest absolute Gasteiger partial charge is 0.206 e. The van der Waals surface area contributed by atoms with Crippen LogP contribution in [0.1, 0.15) is 48.3 Å². The second-order valence-corrected chi connectivity index (χ2v) is 6.90. The molecule has 128 valence electrons. The Kier molecular flexibility index (Phi) is 5.56. The van der Waals surface area contributed by atoms with Crippen molar-refractivity contribution < 1.29 is 8.78 Å². The summed E-state index contributed by atoms with van der Waals surface area (Å²) in [6.45, 7) is 3.83. The highest BCUT2D eigenvalue weighted by molar-refractivity contribution is 6.30. The summed E-state index contributed by atoms with van der Waals surface area (Å²) >= 11 is 5.82. The van der Waals surface area contributed by atoms with E-state index in [4.69, 9.17) is 11.6 Å². The highest BCUT2D eigenvalue weighted by atomic mass is 35.5. The van der Waals surface area contributed by atoms with Crippen LogP contribution in [0.15, 0.2) is 49.1 Å². The summed E-state index contributed by atoms with van der Waals surface area (Å²) in [5.41, 5.74) is 1.21. The molecule has 0 nitrogen and oxygen atoms in total. The predicted molar refractivity (Wildman–Crippen MR) is 98.7 cm³/mol. The van der Waals surface area contributed by atoms with Crippen LogP contribution in [0.5, 0.6) is 0 Å². The predicted octanol–water partition coefficient (Wildman–Crippen LogP) is 6.48. The van der Waals surface area contributed by atoms with Crippen LogP contribution in [-0.4, -0.2) is 0 Å². The molecule has 2 aromatic rings. The molecular weight excluding hydrogens is 338 g/mol. The number of hydrogen-bond donors (Lipinski definition) is 0. The van der Waals surface area contributed by atoms with Crippen molar-refractivity contribution in [3.63, 3.8) is 0 Å². The Labute approximate surface area is 152 Å². The van der Waals surface area contributed by atoms with Crippen molar-refractivity contribution in [2.24, 2.45) is 5.92 Å². The summed E-state index contributed by atoms with van der Waals surface area (Å²) in [7, 11) is 0. The summed E-state index contributed by atoms with van der Waals surface area (Å²) in [4.78, 5) is 0. The normalized spacial score (nSPS) is 19.8. The van der Waals surface area contributed by atoms with Crippen molar-refractivity contribution in [3.05, 3.63) is 82.4 Å². The van der Waals surface area contributed by atoms with Crippen molar-refractivity contribution in [3.8, 4) is 11.8 Å². The van der Waals surface area contributed by atoms with Gasteiger partial charge in [0.2, 0.25) is 0 Å². The van der Waals surface area contributed by atoms with Gasteiger partial charge in [0, 0.05) is 10.6 Å². The zero-order valence-corrected chi connectivity index (χ0v) is 14.6. The van der Waals surface area contributed by atoms with E-state index in [-0.39, 0.29) is 11.5 Å². The zero-order chi connectivity index (χ0) is 17.8. The monoisotopic (exact) mass is 356 g/mol. The fourth-order valence-corrected chi connectivity index (χ4v) is 3.43. The summed E-state index contributed by atoms with van der Waals surface area (Å²) in [6.07, 6.45) is 5.90. The fourth-order valence-electron chi connectivity index (χ4n) is 3.30. The highest BCUT2D eigenvalue weighted by Gasteiger charge is 2.22. The molecule has 25 heavy (non-hydrogen) atoms. The first-order valence-corrected chi connectivity index (χ1v) is 8.83. The lowest BCUT2D eigenvalue weighted by Crippen LogP contribution is -2.12. The number of halogens is 3. The molecule has 0 aliphatic heterocycles. The maximum atomic E-state index is 14.4. The maximum Gasteiger partial charge on any atom is 0.142 e. The molecule has 1 aliphatic rings. The van der Waals surface area contributed by atoms with E-state index in [1.807, 2.05) is 6.08 Å². The van der Waals surface area contributed by atoms with Gasteiger partial charge in [-0.3, -0.25) is 0 Å². The standard InChI is InChI=1S/C22H19ClF2/c1-2-15-3-8-17(9-4-15)18-13-21(24)20(22(25)14-18)12-7-16-5-10-19(23)11-6-16/h2,5-6,10-11,13-15,17H,1,3-4,8-9H2/t15-,17-. The molecule has 0 heterocycles. The lowest BCUT2D eigenvalue weighted by atomic mass is 9.78. The quantitative estimate of drug-likeness (QED) is 0.427. The average molecular weight is 357 g/mol. The van der Waals surface area contributed by atoms with E-state index in [2.05, 4.69) is 18.4 Å². The van der Waals surface area contributed by atoms with Crippen molar-refractivity contribution in [1.82, 2.24) is 0 Å². The first-order valence-electron chi connectivity index (χ1n) is 8.46. The van der Waals surface area contributed by atoms with Crippen LogP contribution >= 0.6 is 11.6 Å². The summed E-state index contributed by atoms with van der Waals surface area (Å²) < 4.78 is 28.8. The topological polar surface area (TPSA) is 0 Å². The third kappa shape index (κ3) is 4.30. The van der Waals surface area contributed by atoms with Gasteiger partial charge in [0.15, 0.2) is 0 Å². The molecule has 2 aromatic carbocycles. The van der Waals surface area contributed by atoms with E-state index in [0.29, 0.717) is 16.5 Å². The van der Waals surface area contributed by atoms with Gasteiger partial charge in [-0.25, -0.2) is 8.78 Å². The molecule has 0 spiro atoms. The van der Waals surface area contributed by atoms with Gasteiger partial charge in [-0.2, -0.15) is 0 Å². The minimum absolute atomic E-state index is 0.182. The van der Waals surface area contributed by atoms with Gasteiger partial charge in [-0.15, -0.1) is 6.58 Å². The zero-order valence-electron chi connectivity index (χ0n) is 13.9. The van der Waals surface area contributed by atoms with Crippen LogP contribution in [0, 0.1) is 29.4 Å². The lowest BCUT2D eigenvalue weighted by molar-refractivity contribution is 0.374. The van der Waals surface area contributed by atoms with Crippen LogP contribution in [-0.2, 0) is 0 Å². The number of hydrogen-bond acceptors (Lipinski definition) is 0. The van der Waals surface area contributed by atoms with Crippen molar-refractivity contribution in [2.45, 2.75) is 31.6 Å². The Balaban J connectivity index is 1.81. The first kappa shape index (κ1) is 17.7. The number of benzene rings is 2. The molecule has 0 bridgehead atoms. The van der Waals surface area contributed by atoms with Gasteiger partial charge < -0.3 is 0 Å². The smallest absolute Gasteiger partial charge is 0.142 e. The molecule has 3 rings (SSSR count). The Hall–Kier alpha value is -2.11. The Morgan fingerprint density at radius 1 is 0.960 bits per heavy atom. The van der Waals surface area contributed by atoms with Gasteiger partial charge in [0.1, 0.15) is 11.6 Å². The molecule has 0 aromatic heterocycles. The van der Waals surface area contributed by atoms with E-state index in [1.165, 1.54) is 12.1 Å². The Bertz CT molecular complexity index is 796. The van der Waals surface area contributed by atoms with Crippen LogP contribution in [0.25, 0.3) is 0 Å². The second kappa shape index (κ2) is 7.85. The van der Waals surface area contributed by atoms with Gasteiger partial charge in [-0.05, 0) is 79.5 Å². The van der Waals surface area contributed by atoms with Crippen LogP contribution in [0.2, 0.25) is 5.02 Å². The molecule has 0 N–H and O–H groups in total. The van der Waals surface area contributed by atoms with Crippen LogP contribution < -0.4 is 0 Å². The van der Waals surface area contributed by atoms with E-state index in [0.717, 1.165) is 31.2 Å². The molecule has 0 atom stereocenters. The summed E-state index contributed by atoms with van der Waals surface area (Å²) in [6, 6.07) is 9.71. The number of allylic oxidation sites excluding steroid dienone is 1. The van der Waals surface area contributed by atoms with E-state index < -0.39 is 11.6 Å². The minimum Gasteiger partial charge on any atom is -0.206 e. The second-order valence-electron chi connectivity index (χ2n) is 6.46.